The van der Waals surface area contributed by atoms with Crippen LogP contribution in [-0.4, -0.2) is 26.9 Å². The zero-order chi connectivity index (χ0) is 9.60. The Hall–Kier alpha value is -1.03. The third-order valence-corrected chi connectivity index (χ3v) is 3.26. The fraction of sp³-hybridized carbons (Fsp3) is 0.600. The van der Waals surface area contributed by atoms with Gasteiger partial charge in [0.1, 0.15) is 5.66 Å². The number of carbonyl (C=O) groups excluding carboxylic acids is 1. The SMILES string of the molecule is Cl.O=C1CCCN1C1(n2ccnc2)CC1. The van der Waals surface area contributed by atoms with E-state index in [9.17, 15) is 4.79 Å². The van der Waals surface area contributed by atoms with E-state index in [1.807, 2.05) is 17.4 Å². The molecular weight excluding hydrogens is 214 g/mol. The van der Waals surface area contributed by atoms with Crippen molar-refractivity contribution >= 4 is 18.3 Å². The first-order valence-corrected chi connectivity index (χ1v) is 5.12. The number of hydrogen-bond acceptors (Lipinski definition) is 2. The van der Waals surface area contributed by atoms with Crippen molar-refractivity contribution in [2.24, 2.45) is 0 Å². The Balaban J connectivity index is 0.000000853. The van der Waals surface area contributed by atoms with Crippen molar-refractivity contribution < 1.29 is 4.79 Å². The second kappa shape index (κ2) is 3.52. The molecule has 1 saturated carbocycles. The molecule has 1 aliphatic heterocycles. The Morgan fingerprint density at radius 1 is 1.40 bits per heavy atom. The average molecular weight is 228 g/mol. The summed E-state index contributed by atoms with van der Waals surface area (Å²) in [5, 5.41) is 0. The number of carbonyl (C=O) groups is 1. The standard InChI is InChI=1S/C10H13N3O.ClH/c14-9-2-1-6-13(9)10(3-4-10)12-7-5-11-8-12;/h5,7-8H,1-4,6H2;1H. The number of imidazole rings is 1. The Labute approximate surface area is 94.7 Å². The van der Waals surface area contributed by atoms with Crippen LogP contribution in [0.1, 0.15) is 25.7 Å². The highest BCUT2D eigenvalue weighted by molar-refractivity contribution is 5.85. The van der Waals surface area contributed by atoms with Gasteiger partial charge in [-0.2, -0.15) is 0 Å². The predicted molar refractivity (Wildman–Crippen MR) is 57.6 cm³/mol. The molecular formula is C10H14ClN3O. The molecule has 0 aromatic carbocycles. The fourth-order valence-electron chi connectivity index (χ4n) is 2.37. The van der Waals surface area contributed by atoms with E-state index in [4.69, 9.17) is 0 Å². The third-order valence-electron chi connectivity index (χ3n) is 3.26. The van der Waals surface area contributed by atoms with Crippen LogP contribution in [0.4, 0.5) is 0 Å². The molecule has 0 radical (unpaired) electrons. The fourth-order valence-corrected chi connectivity index (χ4v) is 2.37. The van der Waals surface area contributed by atoms with Crippen LogP contribution in [0.5, 0.6) is 0 Å². The second-order valence-corrected chi connectivity index (χ2v) is 4.10. The lowest BCUT2D eigenvalue weighted by Gasteiger charge is -2.28. The number of hydrogen-bond donors (Lipinski definition) is 0. The third kappa shape index (κ3) is 1.44. The summed E-state index contributed by atoms with van der Waals surface area (Å²) in [6.07, 6.45) is 9.44. The summed E-state index contributed by atoms with van der Waals surface area (Å²) in [6.45, 7) is 0.914. The van der Waals surface area contributed by atoms with Gasteiger partial charge in [0.25, 0.3) is 0 Å². The van der Waals surface area contributed by atoms with Crippen molar-refractivity contribution in [3.63, 3.8) is 0 Å². The van der Waals surface area contributed by atoms with E-state index in [-0.39, 0.29) is 18.1 Å². The molecule has 1 saturated heterocycles. The molecule has 1 aromatic rings. The van der Waals surface area contributed by atoms with E-state index in [0.717, 1.165) is 32.2 Å². The van der Waals surface area contributed by atoms with Gasteiger partial charge in [0.15, 0.2) is 0 Å². The van der Waals surface area contributed by atoms with Gasteiger partial charge in [0.2, 0.25) is 5.91 Å². The normalized spacial score (nSPS) is 22.7. The van der Waals surface area contributed by atoms with Crippen LogP contribution in [0, 0.1) is 0 Å². The van der Waals surface area contributed by atoms with E-state index in [1.165, 1.54) is 0 Å². The summed E-state index contributed by atoms with van der Waals surface area (Å²) >= 11 is 0. The Morgan fingerprint density at radius 2 is 2.20 bits per heavy atom. The Bertz CT molecular complexity index is 359. The number of rotatable bonds is 2. The van der Waals surface area contributed by atoms with Crippen molar-refractivity contribution in [3.8, 4) is 0 Å². The minimum Gasteiger partial charge on any atom is -0.319 e. The maximum Gasteiger partial charge on any atom is 0.224 e. The summed E-state index contributed by atoms with van der Waals surface area (Å²) in [5.74, 6) is 0.302. The van der Waals surface area contributed by atoms with E-state index < -0.39 is 0 Å². The van der Waals surface area contributed by atoms with Crippen LogP contribution in [0.3, 0.4) is 0 Å². The van der Waals surface area contributed by atoms with Gasteiger partial charge in [0.05, 0.1) is 6.33 Å². The van der Waals surface area contributed by atoms with E-state index in [0.29, 0.717) is 5.91 Å². The molecule has 1 aromatic heterocycles. The number of halogens is 1. The van der Waals surface area contributed by atoms with E-state index in [2.05, 4.69) is 9.55 Å². The van der Waals surface area contributed by atoms with Crippen LogP contribution in [0.15, 0.2) is 18.7 Å². The number of aromatic nitrogens is 2. The lowest BCUT2D eigenvalue weighted by atomic mass is 10.4. The van der Waals surface area contributed by atoms with Crippen molar-refractivity contribution in [3.05, 3.63) is 18.7 Å². The minimum atomic E-state index is -0.0376. The van der Waals surface area contributed by atoms with Gasteiger partial charge in [-0.05, 0) is 19.3 Å². The van der Waals surface area contributed by atoms with Gasteiger partial charge in [-0.3, -0.25) is 4.79 Å². The molecule has 15 heavy (non-hydrogen) atoms. The molecule has 3 rings (SSSR count). The van der Waals surface area contributed by atoms with Crippen molar-refractivity contribution in [1.29, 1.82) is 0 Å². The summed E-state index contributed by atoms with van der Waals surface area (Å²) in [4.78, 5) is 17.7. The first-order chi connectivity index (χ1) is 6.83. The largest absolute Gasteiger partial charge is 0.319 e. The first-order valence-electron chi connectivity index (χ1n) is 5.12. The van der Waals surface area contributed by atoms with Crippen LogP contribution < -0.4 is 0 Å². The van der Waals surface area contributed by atoms with Gasteiger partial charge >= 0.3 is 0 Å². The highest BCUT2D eigenvalue weighted by Crippen LogP contribution is 2.48. The van der Waals surface area contributed by atoms with Crippen molar-refractivity contribution in [2.45, 2.75) is 31.3 Å². The molecule has 82 valence electrons. The zero-order valence-corrected chi connectivity index (χ0v) is 9.24. The van der Waals surface area contributed by atoms with Crippen molar-refractivity contribution in [1.82, 2.24) is 14.5 Å². The van der Waals surface area contributed by atoms with Crippen LogP contribution >= 0.6 is 12.4 Å². The molecule has 2 fully saturated rings. The average Bonchev–Trinajstić information content (AvgIpc) is 2.69. The summed E-state index contributed by atoms with van der Waals surface area (Å²) in [5.41, 5.74) is -0.0376. The molecule has 2 heterocycles. The van der Waals surface area contributed by atoms with Crippen LogP contribution in [0.2, 0.25) is 0 Å². The molecule has 1 aliphatic carbocycles. The minimum absolute atomic E-state index is 0. The molecule has 0 bridgehead atoms. The second-order valence-electron chi connectivity index (χ2n) is 4.10. The summed E-state index contributed by atoms with van der Waals surface area (Å²) < 4.78 is 2.08. The molecule has 1 amide bonds. The van der Waals surface area contributed by atoms with Gasteiger partial charge in [-0.15, -0.1) is 12.4 Å². The van der Waals surface area contributed by atoms with E-state index in [1.54, 1.807) is 6.20 Å². The maximum absolute atomic E-state index is 11.6. The van der Waals surface area contributed by atoms with Gasteiger partial charge in [-0.1, -0.05) is 0 Å². The Kier molecular flexibility index (Phi) is 2.46. The Morgan fingerprint density at radius 3 is 2.67 bits per heavy atom. The molecule has 0 unspecified atom stereocenters. The smallest absolute Gasteiger partial charge is 0.224 e. The van der Waals surface area contributed by atoms with Gasteiger partial charge < -0.3 is 9.47 Å². The van der Waals surface area contributed by atoms with Crippen LogP contribution in [-0.2, 0) is 10.5 Å². The van der Waals surface area contributed by atoms with Crippen LogP contribution in [0.25, 0.3) is 0 Å². The monoisotopic (exact) mass is 227 g/mol. The molecule has 0 spiro atoms. The van der Waals surface area contributed by atoms with E-state index >= 15 is 0 Å². The first kappa shape index (κ1) is 10.5. The summed E-state index contributed by atoms with van der Waals surface area (Å²) in [7, 11) is 0. The highest BCUT2D eigenvalue weighted by Gasteiger charge is 2.52. The molecule has 5 heteroatoms. The number of nitrogens with zero attached hydrogens (tertiary/aromatic N) is 3. The number of amides is 1. The van der Waals surface area contributed by atoms with Crippen molar-refractivity contribution in [2.75, 3.05) is 6.54 Å². The topological polar surface area (TPSA) is 38.1 Å². The highest BCUT2D eigenvalue weighted by atomic mass is 35.5. The maximum atomic E-state index is 11.6. The van der Waals surface area contributed by atoms with Gasteiger partial charge in [-0.25, -0.2) is 4.98 Å². The zero-order valence-electron chi connectivity index (χ0n) is 8.43. The predicted octanol–water partition coefficient (Wildman–Crippen LogP) is 1.37. The molecule has 0 N–H and O–H groups in total. The molecule has 2 aliphatic rings. The lowest BCUT2D eigenvalue weighted by Crippen LogP contribution is -2.40. The quantitative estimate of drug-likeness (QED) is 0.766. The molecule has 4 nitrogen and oxygen atoms in total. The lowest BCUT2D eigenvalue weighted by molar-refractivity contribution is -0.132. The summed E-state index contributed by atoms with van der Waals surface area (Å²) in [6, 6.07) is 0. The van der Waals surface area contributed by atoms with Gasteiger partial charge in [0, 0.05) is 25.4 Å². The number of likely N-dealkylation sites (tertiary alicyclic amines) is 1. The molecule has 0 atom stereocenters.